The zero-order valence-corrected chi connectivity index (χ0v) is 26.2. The molecule has 45 heavy (non-hydrogen) atoms. The van der Waals surface area contributed by atoms with Gasteiger partial charge in [-0.1, -0.05) is 62.7 Å². The molecule has 0 saturated carbocycles. The van der Waals surface area contributed by atoms with E-state index in [2.05, 4.69) is 46.7 Å². The Labute approximate surface area is 263 Å². The van der Waals surface area contributed by atoms with Crippen LogP contribution >= 0.6 is 0 Å². The minimum atomic E-state index is -0.412. The van der Waals surface area contributed by atoms with E-state index in [9.17, 15) is 9.59 Å². The minimum Gasteiger partial charge on any atom is -0.317 e. The maximum atomic E-state index is 14.1. The third kappa shape index (κ3) is 6.78. The summed E-state index contributed by atoms with van der Waals surface area (Å²) in [4.78, 5) is 36.7. The van der Waals surface area contributed by atoms with E-state index in [1.165, 1.54) is 0 Å². The molecule has 230 valence electrons. The largest absolute Gasteiger partial charge is 0.324 e. The van der Waals surface area contributed by atoms with E-state index in [4.69, 9.17) is 5.10 Å². The molecule has 9 heteroatoms. The molecule has 1 saturated heterocycles. The van der Waals surface area contributed by atoms with Crippen LogP contribution in [0.15, 0.2) is 85.1 Å². The monoisotopic (exact) mass is 601 g/mol. The molecule has 1 aliphatic heterocycles. The molecule has 9 nitrogen and oxygen atoms in total. The Morgan fingerprint density at radius 2 is 1.64 bits per heavy atom. The van der Waals surface area contributed by atoms with Crippen molar-refractivity contribution < 1.29 is 9.59 Å². The summed E-state index contributed by atoms with van der Waals surface area (Å²) >= 11 is 0. The molecule has 1 fully saturated rings. The number of ketones is 1. The predicted octanol–water partition coefficient (Wildman–Crippen LogP) is 7.03. The number of anilines is 2. The third-order valence-electron chi connectivity index (χ3n) is 8.34. The van der Waals surface area contributed by atoms with Gasteiger partial charge in [0.25, 0.3) is 0 Å². The molecule has 0 radical (unpaired) electrons. The first-order valence-electron chi connectivity index (χ1n) is 15.5. The van der Waals surface area contributed by atoms with E-state index in [1.54, 1.807) is 10.9 Å². The van der Waals surface area contributed by atoms with Crippen LogP contribution in [0.3, 0.4) is 0 Å². The molecule has 6 rings (SSSR count). The maximum Gasteiger partial charge on any atom is 0.324 e. The Balaban J connectivity index is 1.27. The number of fused-ring (bicyclic) bond motifs is 1. The lowest BCUT2D eigenvalue weighted by molar-refractivity contribution is 0.0911. The van der Waals surface area contributed by atoms with Gasteiger partial charge in [0.2, 0.25) is 0 Å². The lowest BCUT2D eigenvalue weighted by Crippen LogP contribution is -2.34. The van der Waals surface area contributed by atoms with Crippen molar-refractivity contribution in [1.82, 2.24) is 25.1 Å². The van der Waals surface area contributed by atoms with Gasteiger partial charge < -0.3 is 10.6 Å². The van der Waals surface area contributed by atoms with Crippen molar-refractivity contribution in [3.63, 3.8) is 0 Å². The number of para-hydroxylation sites is 2. The Morgan fingerprint density at radius 1 is 0.911 bits per heavy atom. The highest BCUT2D eigenvalue weighted by Gasteiger charge is 2.33. The van der Waals surface area contributed by atoms with Crippen molar-refractivity contribution in [1.29, 1.82) is 0 Å². The zero-order valence-electron chi connectivity index (χ0n) is 26.2. The van der Waals surface area contributed by atoms with Gasteiger partial charge in [-0.15, -0.1) is 0 Å². The van der Waals surface area contributed by atoms with Crippen molar-refractivity contribution in [3.8, 4) is 5.69 Å². The molecule has 3 N–H and O–H groups in total. The Kier molecular flexibility index (Phi) is 8.45. The summed E-state index contributed by atoms with van der Waals surface area (Å²) in [7, 11) is 0. The molecule has 3 heterocycles. The fraction of sp³-hybridized carbons (Fsp3) is 0.306. The number of carbonyl (C=O) groups excluding carboxylic acids is 2. The SMILES string of the molecule is Cc1ccc(-n2nc(C(C)(C)C)cc2NC(=O)Nc2cccc(C(C(=O)c3cnc4ccccc4n3)C3CCNCC3)c2)cc1. The van der Waals surface area contributed by atoms with E-state index in [1.807, 2.05) is 85.8 Å². The number of rotatable bonds is 7. The second-order valence-electron chi connectivity index (χ2n) is 12.8. The number of aryl methyl sites for hydroxylation is 1. The fourth-order valence-electron chi connectivity index (χ4n) is 5.86. The van der Waals surface area contributed by atoms with Crippen molar-refractivity contribution >= 4 is 34.4 Å². The molecule has 5 aromatic rings. The number of benzene rings is 3. The molecule has 0 aliphatic carbocycles. The van der Waals surface area contributed by atoms with Crippen LogP contribution in [-0.2, 0) is 5.41 Å². The van der Waals surface area contributed by atoms with Gasteiger partial charge in [0.05, 0.1) is 34.5 Å². The quantitative estimate of drug-likeness (QED) is 0.173. The van der Waals surface area contributed by atoms with Crippen molar-refractivity contribution in [2.75, 3.05) is 23.7 Å². The summed E-state index contributed by atoms with van der Waals surface area (Å²) in [6, 6.07) is 24.7. The summed E-state index contributed by atoms with van der Waals surface area (Å²) in [6.45, 7) is 10.0. The normalized spacial score (nSPS) is 14.7. The molecule has 0 spiro atoms. The average molecular weight is 602 g/mol. The topological polar surface area (TPSA) is 114 Å². The minimum absolute atomic E-state index is 0.0570. The van der Waals surface area contributed by atoms with Crippen molar-refractivity contribution in [2.24, 2.45) is 5.92 Å². The fourth-order valence-corrected chi connectivity index (χ4v) is 5.86. The van der Waals surface area contributed by atoms with E-state index >= 15 is 0 Å². The van der Waals surface area contributed by atoms with Gasteiger partial charge in [0.15, 0.2) is 5.78 Å². The standard InChI is InChI=1S/C36H39N7O2/c1-23-12-14-27(15-13-23)43-32(21-31(42-43)36(2,3)4)41-35(45)39-26-9-7-8-25(20-26)33(24-16-18-37-19-17-24)34(44)30-22-38-28-10-5-6-11-29(28)40-30/h5-15,20-22,24,33,37H,16-19H2,1-4H3,(H2,39,41,45). The van der Waals surface area contributed by atoms with Crippen LogP contribution in [-0.4, -0.2) is 44.7 Å². The zero-order chi connectivity index (χ0) is 31.6. The van der Waals surface area contributed by atoms with Gasteiger partial charge in [0, 0.05) is 17.2 Å². The van der Waals surface area contributed by atoms with Gasteiger partial charge in [-0.2, -0.15) is 5.10 Å². The molecule has 1 aliphatic rings. The average Bonchev–Trinajstić information content (AvgIpc) is 3.46. The van der Waals surface area contributed by atoms with E-state index < -0.39 is 11.9 Å². The molecule has 2 amide bonds. The highest BCUT2D eigenvalue weighted by molar-refractivity contribution is 6.02. The number of carbonyl (C=O) groups is 2. The van der Waals surface area contributed by atoms with Gasteiger partial charge >= 0.3 is 6.03 Å². The first-order chi connectivity index (χ1) is 21.7. The maximum absolute atomic E-state index is 14.1. The van der Waals surface area contributed by atoms with Gasteiger partial charge in [-0.05, 0) is 80.7 Å². The van der Waals surface area contributed by atoms with E-state index in [-0.39, 0.29) is 17.1 Å². The number of nitrogens with zero attached hydrogens (tertiary/aromatic N) is 4. The molecular weight excluding hydrogens is 562 g/mol. The summed E-state index contributed by atoms with van der Waals surface area (Å²) in [5, 5.41) is 14.2. The Morgan fingerprint density at radius 3 is 2.38 bits per heavy atom. The second-order valence-corrected chi connectivity index (χ2v) is 12.8. The lowest BCUT2D eigenvalue weighted by Gasteiger charge is -2.30. The smallest absolute Gasteiger partial charge is 0.317 e. The summed E-state index contributed by atoms with van der Waals surface area (Å²) in [6.07, 6.45) is 3.32. The van der Waals surface area contributed by atoms with E-state index in [0.29, 0.717) is 22.7 Å². The number of Topliss-reactive ketones (excluding diaryl/α,β-unsaturated/α-hetero) is 1. The van der Waals surface area contributed by atoms with Crippen LogP contribution in [0.4, 0.5) is 16.3 Å². The molecule has 1 unspecified atom stereocenters. The predicted molar refractivity (Wildman–Crippen MR) is 178 cm³/mol. The summed E-state index contributed by atoms with van der Waals surface area (Å²) < 4.78 is 1.76. The summed E-state index contributed by atoms with van der Waals surface area (Å²) in [5.74, 6) is 0.231. The van der Waals surface area contributed by atoms with E-state index in [0.717, 1.165) is 54.0 Å². The Bertz CT molecular complexity index is 1830. The number of piperidine rings is 1. The Hall–Kier alpha value is -4.89. The van der Waals surface area contributed by atoms with Crippen LogP contribution in [0.2, 0.25) is 0 Å². The summed E-state index contributed by atoms with van der Waals surface area (Å²) in [5.41, 5.74) is 5.90. The van der Waals surface area contributed by atoms with Gasteiger partial charge in [-0.25, -0.2) is 14.5 Å². The van der Waals surface area contributed by atoms with Gasteiger partial charge in [0.1, 0.15) is 11.5 Å². The number of urea groups is 1. The van der Waals surface area contributed by atoms with Crippen molar-refractivity contribution in [2.45, 2.75) is 51.9 Å². The number of hydrogen-bond acceptors (Lipinski definition) is 6. The molecular formula is C36H39N7O2. The van der Waals surface area contributed by atoms with Gasteiger partial charge in [-0.3, -0.25) is 15.1 Å². The van der Waals surface area contributed by atoms with Crippen molar-refractivity contribution in [3.05, 3.63) is 108 Å². The first kappa shape index (κ1) is 30.1. The third-order valence-corrected chi connectivity index (χ3v) is 8.34. The molecule has 3 aromatic carbocycles. The molecule has 0 bridgehead atoms. The van der Waals surface area contributed by atoms with Crippen LogP contribution in [0.1, 0.15) is 66.8 Å². The number of hydrogen-bond donors (Lipinski definition) is 3. The number of amides is 2. The second kappa shape index (κ2) is 12.6. The van der Waals surface area contributed by atoms with Crippen LogP contribution in [0.5, 0.6) is 0 Å². The molecule has 2 aromatic heterocycles. The highest BCUT2D eigenvalue weighted by Crippen LogP contribution is 2.35. The number of nitrogens with one attached hydrogen (secondary N) is 3. The van der Waals surface area contributed by atoms with Crippen LogP contribution in [0.25, 0.3) is 16.7 Å². The first-order valence-corrected chi connectivity index (χ1v) is 15.5. The van der Waals surface area contributed by atoms with Crippen LogP contribution < -0.4 is 16.0 Å². The number of aromatic nitrogens is 4. The van der Waals surface area contributed by atoms with Crippen LogP contribution in [0, 0.1) is 12.8 Å². The molecule has 1 atom stereocenters. The lowest BCUT2D eigenvalue weighted by atomic mass is 9.77. The highest BCUT2D eigenvalue weighted by atomic mass is 16.2.